The van der Waals surface area contributed by atoms with Crippen molar-refractivity contribution in [3.63, 3.8) is 0 Å². The van der Waals surface area contributed by atoms with E-state index in [0.717, 1.165) is 24.5 Å². The van der Waals surface area contributed by atoms with Crippen molar-refractivity contribution >= 4 is 14.0 Å². The maximum absolute atomic E-state index is 6.71. The minimum atomic E-state index is -1.86. The number of piperidine rings is 1. The van der Waals surface area contributed by atoms with Gasteiger partial charge in [-0.15, -0.1) is 0 Å². The largest absolute Gasteiger partial charge is 0.497 e. The number of ether oxygens (including phenoxy) is 2. The number of hydrogen-bond donors (Lipinski definition) is 2. The van der Waals surface area contributed by atoms with Crippen molar-refractivity contribution < 1.29 is 13.9 Å². The van der Waals surface area contributed by atoms with Crippen LogP contribution in [0.25, 0.3) is 0 Å². The second kappa shape index (κ2) is 8.08. The summed E-state index contributed by atoms with van der Waals surface area (Å²) in [6.07, 6.45) is 0.132. The van der Waals surface area contributed by atoms with E-state index in [1.807, 2.05) is 24.3 Å². The first kappa shape index (κ1) is 20.2. The summed E-state index contributed by atoms with van der Waals surface area (Å²) in [6.45, 7) is 13.1. The Balaban J connectivity index is 2.18. The van der Waals surface area contributed by atoms with Gasteiger partial charge >= 0.3 is 0 Å². The number of nitrogens with one attached hydrogen (secondary N) is 2. The van der Waals surface area contributed by atoms with Crippen molar-refractivity contribution in [3.05, 3.63) is 24.3 Å². The van der Waals surface area contributed by atoms with Crippen LogP contribution >= 0.6 is 0 Å². The summed E-state index contributed by atoms with van der Waals surface area (Å²) < 4.78 is 17.7. The Kier molecular flexibility index (Phi) is 6.54. The summed E-state index contributed by atoms with van der Waals surface area (Å²) in [5.74, 6) is 0.855. The molecule has 0 radical (unpaired) electrons. The average molecular weight is 367 g/mol. The normalized spacial score (nSPS) is 24.8. The zero-order chi connectivity index (χ0) is 18.7. The van der Waals surface area contributed by atoms with E-state index >= 15 is 0 Å². The molecule has 6 heteroatoms. The zero-order valence-electron chi connectivity index (χ0n) is 16.7. The molecule has 0 spiro atoms. The third-order valence-electron chi connectivity index (χ3n) is 5.47. The maximum atomic E-state index is 6.71. The van der Waals surface area contributed by atoms with Crippen LogP contribution in [-0.4, -0.2) is 53.9 Å². The predicted octanol–water partition coefficient (Wildman–Crippen LogP) is 3.48. The Hall–Kier alpha value is -1.08. The number of rotatable bonds is 6. The van der Waals surface area contributed by atoms with Gasteiger partial charge in [0.1, 0.15) is 5.75 Å². The summed E-state index contributed by atoms with van der Waals surface area (Å²) in [4.78, 5) is 0. The van der Waals surface area contributed by atoms with Crippen molar-refractivity contribution in [1.29, 1.82) is 0 Å². The monoisotopic (exact) mass is 366 g/mol. The molecule has 1 aromatic rings. The highest BCUT2D eigenvalue weighted by Gasteiger charge is 2.43. The van der Waals surface area contributed by atoms with Gasteiger partial charge in [-0.25, -0.2) is 0 Å². The molecule has 1 aliphatic heterocycles. The Bertz CT molecular complexity index is 543. The zero-order valence-corrected chi connectivity index (χ0v) is 17.7. The highest BCUT2D eigenvalue weighted by atomic mass is 28.4. The van der Waals surface area contributed by atoms with Crippen LogP contribution < -0.4 is 15.4 Å². The molecule has 0 saturated carbocycles. The summed E-state index contributed by atoms with van der Waals surface area (Å²) >= 11 is 0. The van der Waals surface area contributed by atoms with E-state index < -0.39 is 8.32 Å². The van der Waals surface area contributed by atoms with Crippen molar-refractivity contribution in [1.82, 2.24) is 5.32 Å². The third kappa shape index (κ3) is 4.97. The lowest BCUT2D eigenvalue weighted by atomic mass is 10.00. The molecule has 2 rings (SSSR count). The predicted molar refractivity (Wildman–Crippen MR) is 106 cm³/mol. The second-order valence-electron chi connectivity index (χ2n) is 8.25. The number of hydrogen-bond acceptors (Lipinski definition) is 5. The van der Waals surface area contributed by atoms with Crippen LogP contribution in [0.1, 0.15) is 20.8 Å². The summed E-state index contributed by atoms with van der Waals surface area (Å²) in [7, 11) is 1.58. The lowest BCUT2D eigenvalue weighted by Gasteiger charge is -2.45. The topological polar surface area (TPSA) is 51.8 Å². The molecule has 0 unspecified atom stereocenters. The molecule has 3 atom stereocenters. The third-order valence-corrected chi connectivity index (χ3v) is 9.97. The van der Waals surface area contributed by atoms with E-state index in [9.17, 15) is 0 Å². The van der Waals surface area contributed by atoms with Gasteiger partial charge in [0.25, 0.3) is 0 Å². The number of methoxy groups -OCH3 is 2. The SMILES string of the molecule is COc1ccc(N[C@@H]2[C@@H](OC)CNC[C@H]2O[Si](C)(C)C(C)(C)C)cc1. The first-order chi connectivity index (χ1) is 11.7. The minimum Gasteiger partial charge on any atom is -0.497 e. The number of anilines is 1. The van der Waals surface area contributed by atoms with E-state index in [1.165, 1.54) is 0 Å². The fourth-order valence-corrected chi connectivity index (χ4v) is 4.17. The molecular weight excluding hydrogens is 332 g/mol. The molecule has 0 amide bonds. The second-order valence-corrected chi connectivity index (χ2v) is 13.0. The smallest absolute Gasteiger partial charge is 0.192 e. The van der Waals surface area contributed by atoms with Crippen molar-refractivity contribution in [3.8, 4) is 5.75 Å². The quantitative estimate of drug-likeness (QED) is 0.755. The molecule has 2 N–H and O–H groups in total. The van der Waals surface area contributed by atoms with Gasteiger partial charge < -0.3 is 24.5 Å². The van der Waals surface area contributed by atoms with Crippen LogP contribution in [0.2, 0.25) is 18.1 Å². The molecule has 1 fully saturated rings. The molecule has 1 heterocycles. The van der Waals surface area contributed by atoms with E-state index in [0.29, 0.717) is 0 Å². The van der Waals surface area contributed by atoms with E-state index in [1.54, 1.807) is 14.2 Å². The molecule has 0 bridgehead atoms. The molecule has 5 nitrogen and oxygen atoms in total. The highest BCUT2D eigenvalue weighted by Crippen LogP contribution is 2.38. The van der Waals surface area contributed by atoms with Gasteiger partial charge in [-0.1, -0.05) is 20.8 Å². The Morgan fingerprint density at radius 3 is 2.16 bits per heavy atom. The van der Waals surface area contributed by atoms with Crippen molar-refractivity contribution in [2.75, 3.05) is 32.6 Å². The van der Waals surface area contributed by atoms with Crippen LogP contribution in [0.15, 0.2) is 24.3 Å². The molecule has 1 aromatic carbocycles. The van der Waals surface area contributed by atoms with Crippen LogP contribution in [0.3, 0.4) is 0 Å². The van der Waals surface area contributed by atoms with E-state index in [-0.39, 0.29) is 23.3 Å². The van der Waals surface area contributed by atoms with Crippen LogP contribution in [0, 0.1) is 0 Å². The minimum absolute atomic E-state index is 0.0608. The summed E-state index contributed by atoms with van der Waals surface area (Å²) in [6, 6.07) is 8.12. The molecular formula is C19H34N2O3Si. The molecule has 142 valence electrons. The van der Waals surface area contributed by atoms with E-state index in [2.05, 4.69) is 44.5 Å². The maximum Gasteiger partial charge on any atom is 0.192 e. The fourth-order valence-electron chi connectivity index (χ4n) is 2.83. The van der Waals surface area contributed by atoms with Gasteiger partial charge in [0, 0.05) is 25.9 Å². The van der Waals surface area contributed by atoms with E-state index in [4.69, 9.17) is 13.9 Å². The number of benzene rings is 1. The molecule has 0 aromatic heterocycles. The first-order valence-corrected chi connectivity index (χ1v) is 11.9. The average Bonchev–Trinajstić information content (AvgIpc) is 2.55. The van der Waals surface area contributed by atoms with Gasteiger partial charge in [-0.3, -0.25) is 0 Å². The molecule has 1 saturated heterocycles. The molecule has 25 heavy (non-hydrogen) atoms. The Labute approximate surface area is 153 Å². The lowest BCUT2D eigenvalue weighted by molar-refractivity contribution is 0.0145. The highest BCUT2D eigenvalue weighted by molar-refractivity contribution is 6.74. The van der Waals surface area contributed by atoms with Gasteiger partial charge in [-0.05, 0) is 42.4 Å². The van der Waals surface area contributed by atoms with Crippen LogP contribution in [-0.2, 0) is 9.16 Å². The summed E-state index contributed by atoms with van der Waals surface area (Å²) in [5.41, 5.74) is 1.05. The van der Waals surface area contributed by atoms with Crippen molar-refractivity contribution in [2.24, 2.45) is 0 Å². The Morgan fingerprint density at radius 1 is 1.04 bits per heavy atom. The van der Waals surface area contributed by atoms with Gasteiger partial charge in [0.2, 0.25) is 0 Å². The standard InChI is InChI=1S/C19H34N2O3Si/c1-19(2,3)25(6,7)24-17-13-20-12-16(23-5)18(17)21-14-8-10-15(22-4)11-9-14/h8-11,16-18,20-21H,12-13H2,1-7H3/t16-,17+,18+/m0/s1. The molecule has 0 aliphatic carbocycles. The van der Waals surface area contributed by atoms with Crippen LogP contribution in [0.5, 0.6) is 5.75 Å². The Morgan fingerprint density at radius 2 is 1.64 bits per heavy atom. The lowest BCUT2D eigenvalue weighted by Crippen LogP contribution is -2.61. The van der Waals surface area contributed by atoms with Crippen molar-refractivity contribution in [2.45, 2.75) is 57.2 Å². The molecule has 1 aliphatic rings. The van der Waals surface area contributed by atoms with Crippen LogP contribution in [0.4, 0.5) is 5.69 Å². The summed E-state index contributed by atoms with van der Waals surface area (Å²) in [5, 5.41) is 7.27. The van der Waals surface area contributed by atoms with Gasteiger partial charge in [-0.2, -0.15) is 0 Å². The van der Waals surface area contributed by atoms with Gasteiger partial charge in [0.05, 0.1) is 25.4 Å². The van der Waals surface area contributed by atoms with Gasteiger partial charge in [0.15, 0.2) is 8.32 Å². The first-order valence-electron chi connectivity index (χ1n) is 9.00. The fraction of sp³-hybridized carbons (Fsp3) is 0.684.